The number of benzene rings is 1. The number of carboxylic acid groups (broad SMARTS) is 1. The van der Waals surface area contributed by atoms with Crippen LogP contribution in [0.5, 0.6) is 5.75 Å². The monoisotopic (exact) mass is 315 g/mol. The Hall–Kier alpha value is -2.83. The Morgan fingerprint density at radius 1 is 1.35 bits per heavy atom. The first-order valence-electron chi connectivity index (χ1n) is 7.31. The summed E-state index contributed by atoms with van der Waals surface area (Å²) in [7, 11) is 1.68. The molecule has 1 heterocycles. The number of hydrogen-bond donors (Lipinski definition) is 1. The molecule has 1 aromatic carbocycles. The number of anilines is 1. The fourth-order valence-corrected chi connectivity index (χ4v) is 2.21. The number of carboxylic acids is 1. The van der Waals surface area contributed by atoms with Gasteiger partial charge in [-0.1, -0.05) is 0 Å². The van der Waals surface area contributed by atoms with Crippen LogP contribution in [0, 0.1) is 0 Å². The molecule has 1 amide bonds. The van der Waals surface area contributed by atoms with Crippen molar-refractivity contribution in [3.05, 3.63) is 42.2 Å². The summed E-state index contributed by atoms with van der Waals surface area (Å²) in [5, 5.41) is 12.8. The first-order valence-corrected chi connectivity index (χ1v) is 7.31. The molecule has 0 spiro atoms. The Kier molecular flexibility index (Phi) is 4.01. The SMILES string of the molecule is CN(C(=O)c1cnn(C2CC2)c1)c1ccc(OCC(=O)O)cc1. The van der Waals surface area contributed by atoms with Gasteiger partial charge in [0.15, 0.2) is 6.61 Å². The van der Waals surface area contributed by atoms with E-state index in [-0.39, 0.29) is 5.91 Å². The van der Waals surface area contributed by atoms with Crippen molar-refractivity contribution < 1.29 is 19.4 Å². The molecule has 0 radical (unpaired) electrons. The number of aromatic nitrogens is 2. The fraction of sp³-hybridized carbons (Fsp3) is 0.312. The number of nitrogens with zero attached hydrogens (tertiary/aromatic N) is 3. The van der Waals surface area contributed by atoms with E-state index >= 15 is 0 Å². The summed E-state index contributed by atoms with van der Waals surface area (Å²) in [6.07, 6.45) is 5.59. The van der Waals surface area contributed by atoms with Gasteiger partial charge in [-0.2, -0.15) is 5.10 Å². The maximum Gasteiger partial charge on any atom is 0.341 e. The summed E-state index contributed by atoms with van der Waals surface area (Å²) in [5.74, 6) is -0.733. The van der Waals surface area contributed by atoms with Crippen LogP contribution in [0.2, 0.25) is 0 Å². The van der Waals surface area contributed by atoms with Crippen LogP contribution in [0.4, 0.5) is 5.69 Å². The molecule has 1 saturated carbocycles. The molecule has 0 bridgehead atoms. The van der Waals surface area contributed by atoms with Gasteiger partial charge in [0.2, 0.25) is 0 Å². The van der Waals surface area contributed by atoms with Gasteiger partial charge >= 0.3 is 5.97 Å². The number of carbonyl (C=O) groups is 2. The smallest absolute Gasteiger partial charge is 0.341 e. The molecule has 1 fully saturated rings. The third-order valence-electron chi connectivity index (χ3n) is 3.66. The Labute approximate surface area is 133 Å². The minimum absolute atomic E-state index is 0.142. The van der Waals surface area contributed by atoms with Gasteiger partial charge in [0.05, 0.1) is 17.8 Å². The molecule has 0 aliphatic heterocycles. The molecule has 7 heteroatoms. The van der Waals surface area contributed by atoms with Crippen molar-refractivity contribution in [2.24, 2.45) is 0 Å². The van der Waals surface area contributed by atoms with E-state index in [4.69, 9.17) is 9.84 Å². The summed E-state index contributed by atoms with van der Waals surface area (Å²) in [4.78, 5) is 24.5. The summed E-state index contributed by atoms with van der Waals surface area (Å²) in [5.41, 5.74) is 1.24. The molecule has 2 aromatic rings. The second-order valence-electron chi connectivity index (χ2n) is 5.48. The van der Waals surface area contributed by atoms with Gasteiger partial charge in [-0.25, -0.2) is 4.79 Å². The number of amides is 1. The second-order valence-corrected chi connectivity index (χ2v) is 5.48. The van der Waals surface area contributed by atoms with E-state index < -0.39 is 12.6 Å². The van der Waals surface area contributed by atoms with Crippen molar-refractivity contribution in [1.82, 2.24) is 9.78 Å². The molecule has 0 saturated heterocycles. The van der Waals surface area contributed by atoms with Crippen molar-refractivity contribution in [3.63, 3.8) is 0 Å². The van der Waals surface area contributed by atoms with Gasteiger partial charge in [0.25, 0.3) is 5.91 Å². The molecule has 23 heavy (non-hydrogen) atoms. The van der Waals surface area contributed by atoms with E-state index in [0.29, 0.717) is 23.0 Å². The van der Waals surface area contributed by atoms with Crippen molar-refractivity contribution in [2.75, 3.05) is 18.6 Å². The first kappa shape index (κ1) is 15.1. The molecule has 120 valence electrons. The highest BCUT2D eigenvalue weighted by Crippen LogP contribution is 2.34. The van der Waals surface area contributed by atoms with E-state index in [2.05, 4.69) is 5.10 Å². The van der Waals surface area contributed by atoms with Crippen LogP contribution >= 0.6 is 0 Å². The van der Waals surface area contributed by atoms with Crippen molar-refractivity contribution >= 4 is 17.6 Å². The van der Waals surface area contributed by atoms with Crippen LogP contribution in [0.1, 0.15) is 29.2 Å². The van der Waals surface area contributed by atoms with Crippen LogP contribution in [0.3, 0.4) is 0 Å². The standard InChI is InChI=1S/C16H17N3O4/c1-18(12-4-6-14(7-5-12)23-10-15(20)21)16(22)11-8-17-19(9-11)13-2-3-13/h4-9,13H,2-3,10H2,1H3,(H,20,21). The zero-order valence-electron chi connectivity index (χ0n) is 12.7. The normalized spacial score (nSPS) is 13.6. The van der Waals surface area contributed by atoms with Gasteiger partial charge in [-0.05, 0) is 37.1 Å². The van der Waals surface area contributed by atoms with Gasteiger partial charge in [0, 0.05) is 18.9 Å². The lowest BCUT2D eigenvalue weighted by atomic mass is 10.2. The van der Waals surface area contributed by atoms with Crippen LogP contribution in [-0.4, -0.2) is 40.4 Å². The molecule has 3 rings (SSSR count). The van der Waals surface area contributed by atoms with Gasteiger partial charge in [0.1, 0.15) is 5.75 Å². The third-order valence-corrected chi connectivity index (χ3v) is 3.66. The highest BCUT2D eigenvalue weighted by molar-refractivity contribution is 6.05. The van der Waals surface area contributed by atoms with Crippen LogP contribution in [0.25, 0.3) is 0 Å². The summed E-state index contributed by atoms with van der Waals surface area (Å²) in [6, 6.07) is 7.12. The largest absolute Gasteiger partial charge is 0.482 e. The molecule has 0 atom stereocenters. The Bertz CT molecular complexity index is 719. The number of rotatable bonds is 6. The van der Waals surface area contributed by atoms with Crippen LogP contribution in [0.15, 0.2) is 36.7 Å². The van der Waals surface area contributed by atoms with Gasteiger partial charge in [-0.15, -0.1) is 0 Å². The van der Waals surface area contributed by atoms with Crippen molar-refractivity contribution in [1.29, 1.82) is 0 Å². The molecule has 1 aromatic heterocycles. The maximum atomic E-state index is 12.5. The maximum absolute atomic E-state index is 12.5. The predicted molar refractivity (Wildman–Crippen MR) is 82.8 cm³/mol. The highest BCUT2D eigenvalue weighted by atomic mass is 16.5. The van der Waals surface area contributed by atoms with E-state index in [1.807, 2.05) is 4.68 Å². The number of ether oxygens (including phenoxy) is 1. The third kappa shape index (κ3) is 3.50. The Balaban J connectivity index is 1.67. The molecule has 0 unspecified atom stereocenters. The zero-order chi connectivity index (χ0) is 16.4. The van der Waals surface area contributed by atoms with Crippen molar-refractivity contribution in [3.8, 4) is 5.75 Å². The number of hydrogen-bond acceptors (Lipinski definition) is 4. The van der Waals surface area contributed by atoms with E-state index in [1.165, 1.54) is 4.90 Å². The lowest BCUT2D eigenvalue weighted by molar-refractivity contribution is -0.139. The van der Waals surface area contributed by atoms with Gasteiger partial charge in [-0.3, -0.25) is 9.48 Å². The molecule has 1 aliphatic carbocycles. The van der Waals surface area contributed by atoms with Crippen LogP contribution < -0.4 is 9.64 Å². The lowest BCUT2D eigenvalue weighted by Gasteiger charge is -2.16. The van der Waals surface area contributed by atoms with Crippen molar-refractivity contribution in [2.45, 2.75) is 18.9 Å². The molecule has 1 aliphatic rings. The second kappa shape index (κ2) is 6.12. The average Bonchev–Trinajstić information content (AvgIpc) is 3.29. The fourth-order valence-electron chi connectivity index (χ4n) is 2.21. The van der Waals surface area contributed by atoms with Crippen LogP contribution in [-0.2, 0) is 4.79 Å². The number of carbonyl (C=O) groups excluding carboxylic acids is 1. The minimum atomic E-state index is -1.03. The summed E-state index contributed by atoms with van der Waals surface area (Å²) >= 11 is 0. The topological polar surface area (TPSA) is 84.7 Å². The Morgan fingerprint density at radius 3 is 2.65 bits per heavy atom. The first-order chi connectivity index (χ1) is 11.0. The molecular formula is C16H17N3O4. The van der Waals surface area contributed by atoms with E-state index in [0.717, 1.165) is 12.8 Å². The lowest BCUT2D eigenvalue weighted by Crippen LogP contribution is -2.25. The highest BCUT2D eigenvalue weighted by Gasteiger charge is 2.25. The quantitative estimate of drug-likeness (QED) is 0.881. The summed E-state index contributed by atoms with van der Waals surface area (Å²) < 4.78 is 6.90. The average molecular weight is 315 g/mol. The predicted octanol–water partition coefficient (Wildman–Crippen LogP) is 1.96. The summed E-state index contributed by atoms with van der Waals surface area (Å²) in [6.45, 7) is -0.394. The molecular weight excluding hydrogens is 298 g/mol. The zero-order valence-corrected chi connectivity index (χ0v) is 12.7. The molecule has 1 N–H and O–H groups in total. The van der Waals surface area contributed by atoms with E-state index in [9.17, 15) is 9.59 Å². The Morgan fingerprint density at radius 2 is 2.04 bits per heavy atom. The molecule has 7 nitrogen and oxygen atoms in total. The van der Waals surface area contributed by atoms with Gasteiger partial charge < -0.3 is 14.7 Å². The number of aliphatic carboxylic acids is 1. The minimum Gasteiger partial charge on any atom is -0.482 e. The van der Waals surface area contributed by atoms with E-state index in [1.54, 1.807) is 43.7 Å².